The zero-order valence-corrected chi connectivity index (χ0v) is 20.4. The lowest BCUT2D eigenvalue weighted by Crippen LogP contribution is -2.38. The number of esters is 1. The van der Waals surface area contributed by atoms with Crippen LogP contribution in [0, 0.1) is 0 Å². The lowest BCUT2D eigenvalue weighted by Gasteiger charge is -2.35. The van der Waals surface area contributed by atoms with Gasteiger partial charge in [0.05, 0.1) is 30.1 Å². The Balaban J connectivity index is 1.69. The largest absolute Gasteiger partial charge is 0.465 e. The van der Waals surface area contributed by atoms with E-state index in [2.05, 4.69) is 11.4 Å². The summed E-state index contributed by atoms with van der Waals surface area (Å²) in [5.74, 6) is -0.390. The molecule has 0 bridgehead atoms. The number of anilines is 2. The number of para-hydroxylation sites is 2. The third-order valence-corrected chi connectivity index (χ3v) is 7.69. The number of carbonyl (C=O) groups excluding carboxylic acids is 3. The molecular formula is C28H26N2O4S. The Kier molecular flexibility index (Phi) is 6.26. The molecule has 3 aromatic rings. The van der Waals surface area contributed by atoms with Gasteiger partial charge in [0.25, 0.3) is 0 Å². The van der Waals surface area contributed by atoms with Crippen molar-refractivity contribution in [2.45, 2.75) is 38.1 Å². The lowest BCUT2D eigenvalue weighted by atomic mass is 9.80. The molecule has 1 aliphatic carbocycles. The first-order chi connectivity index (χ1) is 17.0. The van der Waals surface area contributed by atoms with Gasteiger partial charge in [-0.15, -0.1) is 11.3 Å². The van der Waals surface area contributed by atoms with E-state index in [4.69, 9.17) is 4.74 Å². The van der Waals surface area contributed by atoms with Gasteiger partial charge < -0.3 is 10.1 Å². The van der Waals surface area contributed by atoms with Crippen molar-refractivity contribution in [3.63, 3.8) is 0 Å². The SMILES string of the molecule is CCC(=O)N1c2ccccc2NC2=C(C(=O)C[C@H](c3cccs3)C2)[C@@H]1c1ccc(C(=O)OC)cc1. The molecule has 0 saturated heterocycles. The van der Waals surface area contributed by atoms with Gasteiger partial charge in [-0.1, -0.05) is 37.3 Å². The number of methoxy groups -OCH3 is 1. The average Bonchev–Trinajstić information content (AvgIpc) is 3.38. The van der Waals surface area contributed by atoms with Crippen molar-refractivity contribution >= 4 is 40.4 Å². The summed E-state index contributed by atoms with van der Waals surface area (Å²) in [5.41, 5.74) is 4.18. The number of hydrogen-bond donors (Lipinski definition) is 1. The molecule has 6 nitrogen and oxygen atoms in total. The fourth-order valence-corrected chi connectivity index (χ4v) is 5.83. The minimum Gasteiger partial charge on any atom is -0.465 e. The fraction of sp³-hybridized carbons (Fsp3) is 0.250. The number of hydrogen-bond acceptors (Lipinski definition) is 6. The smallest absolute Gasteiger partial charge is 0.337 e. The summed E-state index contributed by atoms with van der Waals surface area (Å²) in [6.45, 7) is 1.82. The van der Waals surface area contributed by atoms with E-state index in [1.54, 1.807) is 28.4 Å². The van der Waals surface area contributed by atoms with E-state index in [-0.39, 0.29) is 17.6 Å². The molecular weight excluding hydrogens is 460 g/mol. The van der Waals surface area contributed by atoms with Gasteiger partial charge in [-0.2, -0.15) is 0 Å². The number of ether oxygens (including phenoxy) is 1. The van der Waals surface area contributed by atoms with E-state index in [1.165, 1.54) is 12.0 Å². The van der Waals surface area contributed by atoms with Gasteiger partial charge in [0, 0.05) is 34.9 Å². The number of carbonyl (C=O) groups is 3. The molecule has 2 atom stereocenters. The first-order valence-corrected chi connectivity index (χ1v) is 12.6. The van der Waals surface area contributed by atoms with Gasteiger partial charge in [-0.3, -0.25) is 14.5 Å². The Labute approximate surface area is 208 Å². The first-order valence-electron chi connectivity index (χ1n) is 11.7. The van der Waals surface area contributed by atoms with Crippen molar-refractivity contribution in [2.75, 3.05) is 17.3 Å². The van der Waals surface area contributed by atoms with Gasteiger partial charge >= 0.3 is 5.97 Å². The predicted octanol–water partition coefficient (Wildman–Crippen LogP) is 5.85. The number of Topliss-reactive ketones (excluding diaryl/α,β-unsaturated/α-hetero) is 1. The highest BCUT2D eigenvalue weighted by Gasteiger charge is 2.41. The van der Waals surface area contributed by atoms with Crippen LogP contribution in [-0.4, -0.2) is 24.8 Å². The molecule has 0 fully saturated rings. The third-order valence-electron chi connectivity index (χ3n) is 6.65. The second-order valence-corrected chi connectivity index (χ2v) is 9.69. The van der Waals surface area contributed by atoms with E-state index in [0.29, 0.717) is 30.4 Å². The molecule has 178 valence electrons. The van der Waals surface area contributed by atoms with Crippen molar-refractivity contribution in [3.05, 3.63) is 93.3 Å². The molecule has 2 heterocycles. The van der Waals surface area contributed by atoms with E-state index in [9.17, 15) is 14.4 Å². The van der Waals surface area contributed by atoms with Gasteiger partial charge in [0.1, 0.15) is 0 Å². The normalized spacial score (nSPS) is 19.4. The lowest BCUT2D eigenvalue weighted by molar-refractivity contribution is -0.119. The molecule has 1 amide bonds. The quantitative estimate of drug-likeness (QED) is 0.469. The summed E-state index contributed by atoms with van der Waals surface area (Å²) in [7, 11) is 1.34. The Hall–Kier alpha value is -3.71. The highest BCUT2D eigenvalue weighted by molar-refractivity contribution is 7.10. The number of nitrogens with one attached hydrogen (secondary N) is 1. The number of fused-ring (bicyclic) bond motifs is 1. The molecule has 7 heteroatoms. The summed E-state index contributed by atoms with van der Waals surface area (Å²) >= 11 is 1.66. The number of rotatable bonds is 4. The second-order valence-electron chi connectivity index (χ2n) is 8.71. The Morgan fingerprint density at radius 2 is 1.83 bits per heavy atom. The van der Waals surface area contributed by atoms with Crippen LogP contribution in [-0.2, 0) is 14.3 Å². The summed E-state index contributed by atoms with van der Waals surface area (Å²) < 4.78 is 4.84. The minimum atomic E-state index is -0.600. The number of benzene rings is 2. The van der Waals surface area contributed by atoms with Crippen LogP contribution in [0.4, 0.5) is 11.4 Å². The minimum absolute atomic E-state index is 0.0286. The van der Waals surface area contributed by atoms with Gasteiger partial charge in [-0.25, -0.2) is 4.79 Å². The Bertz CT molecular complexity index is 1310. The standard InChI is InChI=1S/C28H26N2O4S/c1-3-25(32)30-22-8-5-4-7-20(22)29-21-15-19(24-9-6-14-35-24)16-23(31)26(21)27(30)17-10-12-18(13-11-17)28(33)34-2/h4-14,19,27,29H,3,15-16H2,1-2H3/t19-,27+/m1/s1. The molecule has 1 aliphatic heterocycles. The summed E-state index contributed by atoms with van der Waals surface area (Å²) in [6, 6.07) is 18.1. The number of thiophene rings is 1. The van der Waals surface area contributed by atoms with Crippen LogP contribution in [0.1, 0.15) is 58.9 Å². The van der Waals surface area contributed by atoms with Crippen molar-refractivity contribution in [2.24, 2.45) is 0 Å². The monoisotopic (exact) mass is 486 g/mol. The van der Waals surface area contributed by atoms with Gasteiger partial charge in [-0.05, 0) is 47.7 Å². The number of amides is 1. The molecule has 0 radical (unpaired) electrons. The average molecular weight is 487 g/mol. The van der Waals surface area contributed by atoms with Crippen LogP contribution in [0.5, 0.6) is 0 Å². The highest BCUT2D eigenvalue weighted by Crippen LogP contribution is 2.48. The van der Waals surface area contributed by atoms with E-state index in [0.717, 1.165) is 22.6 Å². The van der Waals surface area contributed by atoms with Crippen molar-refractivity contribution in [3.8, 4) is 0 Å². The first kappa shape index (κ1) is 23.1. The molecule has 0 saturated carbocycles. The van der Waals surface area contributed by atoms with Gasteiger partial charge in [0.15, 0.2) is 5.78 Å². The number of nitrogens with zero attached hydrogens (tertiary/aromatic N) is 1. The zero-order valence-electron chi connectivity index (χ0n) is 19.6. The summed E-state index contributed by atoms with van der Waals surface area (Å²) in [5, 5.41) is 5.56. The van der Waals surface area contributed by atoms with Crippen LogP contribution in [0.25, 0.3) is 0 Å². The van der Waals surface area contributed by atoms with E-state index in [1.807, 2.05) is 54.8 Å². The topological polar surface area (TPSA) is 75.7 Å². The number of ketones is 1. The van der Waals surface area contributed by atoms with Gasteiger partial charge in [0.2, 0.25) is 5.91 Å². The fourth-order valence-electron chi connectivity index (χ4n) is 5.00. The van der Waals surface area contributed by atoms with Crippen LogP contribution in [0.2, 0.25) is 0 Å². The maximum atomic E-state index is 13.8. The highest BCUT2D eigenvalue weighted by atomic mass is 32.1. The van der Waals surface area contributed by atoms with Crippen molar-refractivity contribution in [1.29, 1.82) is 0 Å². The van der Waals surface area contributed by atoms with Crippen molar-refractivity contribution in [1.82, 2.24) is 0 Å². The van der Waals surface area contributed by atoms with E-state index >= 15 is 0 Å². The summed E-state index contributed by atoms with van der Waals surface area (Å²) in [6.07, 6.45) is 1.36. The molecule has 5 rings (SSSR count). The van der Waals surface area contributed by atoms with E-state index < -0.39 is 12.0 Å². The third kappa shape index (κ3) is 4.17. The molecule has 1 aromatic heterocycles. The molecule has 35 heavy (non-hydrogen) atoms. The molecule has 2 aliphatic rings. The molecule has 0 unspecified atom stereocenters. The Morgan fingerprint density at radius 1 is 1.06 bits per heavy atom. The molecule has 2 aromatic carbocycles. The van der Waals surface area contributed by atoms with Crippen LogP contribution in [0.3, 0.4) is 0 Å². The van der Waals surface area contributed by atoms with Crippen LogP contribution >= 0.6 is 11.3 Å². The molecule has 0 spiro atoms. The maximum absolute atomic E-state index is 13.8. The van der Waals surface area contributed by atoms with Crippen LogP contribution < -0.4 is 10.2 Å². The zero-order chi connectivity index (χ0) is 24.5. The van der Waals surface area contributed by atoms with Crippen molar-refractivity contribution < 1.29 is 19.1 Å². The maximum Gasteiger partial charge on any atom is 0.337 e. The second kappa shape index (κ2) is 9.50. The predicted molar refractivity (Wildman–Crippen MR) is 137 cm³/mol. The number of allylic oxidation sites excluding steroid dienone is 1. The Morgan fingerprint density at radius 3 is 2.51 bits per heavy atom. The van der Waals surface area contributed by atoms with Crippen LogP contribution in [0.15, 0.2) is 77.3 Å². The molecule has 1 N–H and O–H groups in total. The summed E-state index contributed by atoms with van der Waals surface area (Å²) in [4.78, 5) is 42.1.